The van der Waals surface area contributed by atoms with Gasteiger partial charge >= 0.3 is 0 Å². The smallest absolute Gasteiger partial charge is 0.204 e. The first-order valence-corrected chi connectivity index (χ1v) is 10.9. The summed E-state index contributed by atoms with van der Waals surface area (Å²) in [5.41, 5.74) is 7.21. The van der Waals surface area contributed by atoms with E-state index >= 15 is 4.39 Å². The molecule has 12 heteroatoms. The minimum atomic E-state index is -1.75. The number of rotatable bonds is 5. The van der Waals surface area contributed by atoms with Crippen LogP contribution in [0.15, 0.2) is 35.6 Å². The molecule has 0 radical (unpaired) electrons. The van der Waals surface area contributed by atoms with Gasteiger partial charge in [-0.2, -0.15) is 14.0 Å². The Balaban J connectivity index is 1.49. The molecule has 0 saturated carbocycles. The van der Waals surface area contributed by atoms with Gasteiger partial charge in [0.15, 0.2) is 11.6 Å². The average Bonchev–Trinajstić information content (AvgIpc) is 3.46. The maximum atomic E-state index is 15.2. The molecule has 0 amide bonds. The van der Waals surface area contributed by atoms with Gasteiger partial charge < -0.3 is 10.5 Å². The number of hydrogen-bond donors (Lipinski definition) is 1. The lowest BCUT2D eigenvalue weighted by molar-refractivity contribution is 0.347. The molecule has 2 aliphatic heterocycles. The van der Waals surface area contributed by atoms with Crippen LogP contribution < -0.4 is 10.5 Å². The van der Waals surface area contributed by atoms with Crippen LogP contribution >= 0.6 is 0 Å². The predicted octanol–water partition coefficient (Wildman–Crippen LogP) is 4.28. The number of nitrogens with zero attached hydrogens (tertiary/aromatic N) is 5. The maximum Gasteiger partial charge on any atom is 0.204 e. The molecule has 3 aromatic rings. The van der Waals surface area contributed by atoms with Crippen molar-refractivity contribution in [2.75, 3.05) is 25.4 Å². The molecular weight excluding hydrogens is 483 g/mol. The van der Waals surface area contributed by atoms with Crippen molar-refractivity contribution >= 4 is 11.5 Å². The Morgan fingerprint density at radius 2 is 1.81 bits per heavy atom. The van der Waals surface area contributed by atoms with Gasteiger partial charge in [0.2, 0.25) is 17.4 Å². The fourth-order valence-electron chi connectivity index (χ4n) is 4.55. The van der Waals surface area contributed by atoms with E-state index < -0.39 is 46.6 Å². The van der Waals surface area contributed by atoms with Crippen LogP contribution in [0.4, 0.5) is 27.8 Å². The first kappa shape index (κ1) is 23.6. The van der Waals surface area contributed by atoms with Gasteiger partial charge in [0.1, 0.15) is 23.7 Å². The monoisotopic (exact) mass is 500 g/mol. The summed E-state index contributed by atoms with van der Waals surface area (Å²) in [5.74, 6) is -9.28. The van der Waals surface area contributed by atoms with E-state index in [1.165, 1.54) is 18.5 Å². The largest absolute Gasteiger partial charge is 0.451 e. The standard InChI is InChI=1S/C24H17F5N6O/c25-14-7-12(36-23-18(28)15(26)8-16(27)19(23)29)1-2-13(14)21-17-22(32-10-33-24(17)31)20(34-21)11-3-5-35(9-11)6-4-30/h1-2,7-8,10-11,20H,3,5-6,9H2,(H2,31,32,33)/t11-,20?/m1/s1. The summed E-state index contributed by atoms with van der Waals surface area (Å²) in [7, 11) is 0. The summed E-state index contributed by atoms with van der Waals surface area (Å²) in [6, 6.07) is 4.98. The van der Waals surface area contributed by atoms with Gasteiger partial charge in [0.25, 0.3) is 0 Å². The number of aromatic nitrogens is 2. The molecule has 5 rings (SSSR count). The number of likely N-dealkylation sites (tertiary alicyclic amines) is 1. The van der Waals surface area contributed by atoms with Crippen molar-refractivity contribution in [3.8, 4) is 17.6 Å². The SMILES string of the molecule is N#CCN1CC[C@@H](C2N=C(c3ccc(Oc4c(F)c(F)cc(F)c4F)cc3F)c3c(N)ncnc32)C1. The lowest BCUT2D eigenvalue weighted by Gasteiger charge is -2.17. The van der Waals surface area contributed by atoms with E-state index in [4.69, 9.17) is 20.7 Å². The van der Waals surface area contributed by atoms with Crippen LogP contribution in [0.2, 0.25) is 0 Å². The van der Waals surface area contributed by atoms with E-state index in [0.717, 1.165) is 12.5 Å². The highest BCUT2D eigenvalue weighted by molar-refractivity contribution is 6.17. The van der Waals surface area contributed by atoms with Crippen LogP contribution in [0.5, 0.6) is 11.5 Å². The second-order valence-corrected chi connectivity index (χ2v) is 8.42. The fraction of sp³-hybridized carbons (Fsp3) is 0.250. The summed E-state index contributed by atoms with van der Waals surface area (Å²) in [6.07, 6.45) is 2.05. The van der Waals surface area contributed by atoms with Crippen molar-refractivity contribution in [2.24, 2.45) is 10.9 Å². The molecule has 0 spiro atoms. The molecule has 2 aliphatic rings. The Morgan fingerprint density at radius 3 is 2.50 bits per heavy atom. The molecule has 1 aromatic heterocycles. The third-order valence-corrected chi connectivity index (χ3v) is 6.23. The third kappa shape index (κ3) is 4.01. The van der Waals surface area contributed by atoms with Crippen molar-refractivity contribution in [1.82, 2.24) is 14.9 Å². The average molecular weight is 500 g/mol. The van der Waals surface area contributed by atoms with Crippen molar-refractivity contribution in [3.63, 3.8) is 0 Å². The number of fused-ring (bicyclic) bond motifs is 1. The molecule has 0 aliphatic carbocycles. The molecule has 1 fully saturated rings. The minimum Gasteiger partial charge on any atom is -0.451 e. The van der Waals surface area contributed by atoms with Crippen LogP contribution in [0.3, 0.4) is 0 Å². The number of nitrogen functional groups attached to an aromatic ring is 1. The summed E-state index contributed by atoms with van der Waals surface area (Å²) >= 11 is 0. The van der Waals surface area contributed by atoms with Gasteiger partial charge in [0, 0.05) is 30.2 Å². The second kappa shape index (κ2) is 9.16. The Kier molecular flexibility index (Phi) is 6.01. The molecule has 184 valence electrons. The van der Waals surface area contributed by atoms with Crippen molar-refractivity contribution < 1.29 is 26.7 Å². The molecule has 1 saturated heterocycles. The van der Waals surface area contributed by atoms with Crippen LogP contribution in [-0.4, -0.2) is 40.2 Å². The topological polar surface area (TPSA) is 100 Å². The van der Waals surface area contributed by atoms with Gasteiger partial charge in [-0.25, -0.2) is 23.1 Å². The third-order valence-electron chi connectivity index (χ3n) is 6.23. The molecule has 3 heterocycles. The zero-order chi connectivity index (χ0) is 25.6. The van der Waals surface area contributed by atoms with E-state index in [0.29, 0.717) is 24.3 Å². The molecule has 1 unspecified atom stereocenters. The second-order valence-electron chi connectivity index (χ2n) is 8.42. The number of halogens is 5. The van der Waals surface area contributed by atoms with Gasteiger partial charge in [-0.3, -0.25) is 9.89 Å². The molecule has 7 nitrogen and oxygen atoms in total. The van der Waals surface area contributed by atoms with E-state index in [-0.39, 0.29) is 35.6 Å². The van der Waals surface area contributed by atoms with E-state index in [1.807, 2.05) is 4.90 Å². The van der Waals surface area contributed by atoms with Gasteiger partial charge in [-0.15, -0.1) is 0 Å². The van der Waals surface area contributed by atoms with Gasteiger partial charge in [-0.1, -0.05) is 0 Å². The van der Waals surface area contributed by atoms with E-state index in [2.05, 4.69) is 16.0 Å². The number of hydrogen-bond acceptors (Lipinski definition) is 7. The van der Waals surface area contributed by atoms with Crippen LogP contribution in [0, 0.1) is 46.3 Å². The molecular formula is C24H17F5N6O. The van der Waals surface area contributed by atoms with Crippen molar-refractivity contribution in [3.05, 3.63) is 76.5 Å². The lowest BCUT2D eigenvalue weighted by Crippen LogP contribution is -2.22. The number of nitrogens with two attached hydrogens (primary N) is 1. The molecule has 2 N–H and O–H groups in total. The van der Waals surface area contributed by atoms with Crippen LogP contribution in [0.1, 0.15) is 29.3 Å². The zero-order valence-corrected chi connectivity index (χ0v) is 18.5. The fourth-order valence-corrected chi connectivity index (χ4v) is 4.55. The Hall–Kier alpha value is -4.11. The number of ether oxygens (including phenoxy) is 1. The molecule has 2 aromatic carbocycles. The van der Waals surface area contributed by atoms with E-state index in [1.54, 1.807) is 0 Å². The van der Waals surface area contributed by atoms with E-state index in [9.17, 15) is 17.6 Å². The Bertz CT molecular complexity index is 1410. The molecule has 2 atom stereocenters. The van der Waals surface area contributed by atoms with Crippen LogP contribution in [-0.2, 0) is 0 Å². The van der Waals surface area contributed by atoms with Crippen LogP contribution in [0.25, 0.3) is 0 Å². The number of nitriles is 1. The van der Waals surface area contributed by atoms with Gasteiger partial charge in [-0.05, 0) is 25.1 Å². The summed E-state index contributed by atoms with van der Waals surface area (Å²) < 4.78 is 75.1. The normalized spacial score (nSPS) is 19.2. The quantitative estimate of drug-likeness (QED) is 0.319. The highest BCUT2D eigenvalue weighted by Crippen LogP contribution is 2.41. The first-order valence-electron chi connectivity index (χ1n) is 10.9. The maximum absolute atomic E-state index is 15.2. The molecule has 36 heavy (non-hydrogen) atoms. The highest BCUT2D eigenvalue weighted by atomic mass is 19.2. The predicted molar refractivity (Wildman–Crippen MR) is 118 cm³/mol. The lowest BCUT2D eigenvalue weighted by atomic mass is 9.95. The Morgan fingerprint density at radius 1 is 1.06 bits per heavy atom. The first-order chi connectivity index (χ1) is 17.3. The minimum absolute atomic E-state index is 0.00541. The number of benzene rings is 2. The van der Waals surface area contributed by atoms with Crippen molar-refractivity contribution in [2.45, 2.75) is 12.5 Å². The summed E-state index contributed by atoms with van der Waals surface area (Å²) in [4.78, 5) is 15.0. The van der Waals surface area contributed by atoms with Gasteiger partial charge in [0.05, 0.1) is 35.6 Å². The summed E-state index contributed by atoms with van der Waals surface area (Å²) in [5, 5.41) is 8.98. The highest BCUT2D eigenvalue weighted by Gasteiger charge is 2.39. The number of aliphatic imine (C=N–C) groups is 1. The summed E-state index contributed by atoms with van der Waals surface area (Å²) in [6.45, 7) is 1.60. The van der Waals surface area contributed by atoms with Crippen molar-refractivity contribution in [1.29, 1.82) is 5.26 Å². The number of anilines is 1. The molecule has 0 bridgehead atoms. The zero-order valence-electron chi connectivity index (χ0n) is 18.5. The Labute approximate surface area is 201 Å².